The first-order chi connectivity index (χ1) is 8.58. The number of nitrogens with one attached hydrogen (secondary N) is 1. The van der Waals surface area contributed by atoms with Crippen molar-refractivity contribution in [2.45, 2.75) is 26.3 Å². The van der Waals surface area contributed by atoms with E-state index in [9.17, 15) is 4.79 Å². The van der Waals surface area contributed by atoms with E-state index < -0.39 is 0 Å². The average Bonchev–Trinajstić information content (AvgIpc) is 2.38. The van der Waals surface area contributed by atoms with E-state index in [1.54, 1.807) is 4.90 Å². The molecule has 0 fully saturated rings. The number of benzene rings is 1. The minimum atomic E-state index is 0.131. The molecule has 0 aliphatic rings. The lowest BCUT2D eigenvalue weighted by atomic mass is 10.0. The number of carbonyl (C=O) groups excluding carboxylic acids is 1. The third-order valence-electron chi connectivity index (χ3n) is 3.06. The maximum Gasteiger partial charge on any atom is 0.236 e. The monoisotopic (exact) mass is 312 g/mol. The summed E-state index contributed by atoms with van der Waals surface area (Å²) >= 11 is 3.47. The summed E-state index contributed by atoms with van der Waals surface area (Å²) in [5, 5.41) is 3.32. The Morgan fingerprint density at radius 1 is 1.44 bits per heavy atom. The number of carbonyl (C=O) groups is 1. The quantitative estimate of drug-likeness (QED) is 0.876. The maximum atomic E-state index is 11.7. The molecular weight excluding hydrogens is 292 g/mol. The first-order valence-electron chi connectivity index (χ1n) is 6.31. The molecule has 0 aromatic heterocycles. The summed E-state index contributed by atoms with van der Waals surface area (Å²) in [6, 6.07) is 8.42. The van der Waals surface area contributed by atoms with Crippen molar-refractivity contribution < 1.29 is 4.79 Å². The third kappa shape index (κ3) is 4.42. The number of halogens is 1. The Morgan fingerprint density at radius 2 is 2.17 bits per heavy atom. The standard InChI is InChI=1S/C14H21BrN2O/c1-4-13(11-7-6-8-12(15)9-11)16-10-14(18)17(3)5-2/h6-9,13,16H,4-5,10H2,1-3H3. The van der Waals surface area contributed by atoms with E-state index in [0.29, 0.717) is 6.54 Å². The van der Waals surface area contributed by atoms with Crippen LogP contribution in [0.5, 0.6) is 0 Å². The summed E-state index contributed by atoms with van der Waals surface area (Å²) in [5.41, 5.74) is 1.21. The fourth-order valence-corrected chi connectivity index (χ4v) is 2.16. The molecule has 1 amide bonds. The van der Waals surface area contributed by atoms with Gasteiger partial charge in [-0.05, 0) is 31.0 Å². The predicted molar refractivity (Wildman–Crippen MR) is 78.5 cm³/mol. The van der Waals surface area contributed by atoms with E-state index in [0.717, 1.165) is 17.4 Å². The van der Waals surface area contributed by atoms with Crippen molar-refractivity contribution in [3.8, 4) is 0 Å². The summed E-state index contributed by atoms with van der Waals surface area (Å²) in [7, 11) is 1.82. The van der Waals surface area contributed by atoms with Gasteiger partial charge in [0.1, 0.15) is 0 Å². The molecule has 1 aromatic carbocycles. The van der Waals surface area contributed by atoms with E-state index in [1.165, 1.54) is 5.56 Å². The van der Waals surface area contributed by atoms with Crippen molar-refractivity contribution in [2.75, 3.05) is 20.1 Å². The average molecular weight is 313 g/mol. The Labute approximate surface area is 118 Å². The van der Waals surface area contributed by atoms with Gasteiger partial charge >= 0.3 is 0 Å². The van der Waals surface area contributed by atoms with Gasteiger partial charge in [0.05, 0.1) is 6.54 Å². The second-order valence-electron chi connectivity index (χ2n) is 4.30. The number of likely N-dealkylation sites (N-methyl/N-ethyl adjacent to an activating group) is 1. The number of hydrogen-bond donors (Lipinski definition) is 1. The Morgan fingerprint density at radius 3 is 2.72 bits per heavy atom. The molecule has 3 nitrogen and oxygen atoms in total. The lowest BCUT2D eigenvalue weighted by Crippen LogP contribution is -2.36. The van der Waals surface area contributed by atoms with Crippen LogP contribution in [0.2, 0.25) is 0 Å². The number of rotatable bonds is 6. The molecule has 100 valence electrons. The minimum Gasteiger partial charge on any atom is -0.345 e. The van der Waals surface area contributed by atoms with Gasteiger partial charge in [-0.2, -0.15) is 0 Å². The largest absolute Gasteiger partial charge is 0.345 e. The van der Waals surface area contributed by atoms with Gasteiger partial charge in [0.25, 0.3) is 0 Å². The lowest BCUT2D eigenvalue weighted by Gasteiger charge is -2.20. The van der Waals surface area contributed by atoms with Crippen LogP contribution in [0, 0.1) is 0 Å². The highest BCUT2D eigenvalue weighted by atomic mass is 79.9. The molecule has 0 bridgehead atoms. The van der Waals surface area contributed by atoms with Gasteiger partial charge in [0.2, 0.25) is 5.91 Å². The van der Waals surface area contributed by atoms with Gasteiger partial charge < -0.3 is 10.2 Å². The highest BCUT2D eigenvalue weighted by Gasteiger charge is 2.12. The van der Waals surface area contributed by atoms with Crippen LogP contribution in [0.3, 0.4) is 0 Å². The van der Waals surface area contributed by atoms with Crippen LogP contribution < -0.4 is 5.32 Å². The van der Waals surface area contributed by atoms with Crippen molar-refractivity contribution in [1.29, 1.82) is 0 Å². The predicted octanol–water partition coefficient (Wildman–Crippen LogP) is 2.97. The Bertz CT molecular complexity index is 395. The fraction of sp³-hybridized carbons (Fsp3) is 0.500. The zero-order valence-electron chi connectivity index (χ0n) is 11.2. The number of hydrogen-bond acceptors (Lipinski definition) is 2. The molecule has 0 aliphatic heterocycles. The lowest BCUT2D eigenvalue weighted by molar-refractivity contribution is -0.128. The molecule has 1 unspecified atom stereocenters. The van der Waals surface area contributed by atoms with E-state index in [2.05, 4.69) is 40.3 Å². The highest BCUT2D eigenvalue weighted by Crippen LogP contribution is 2.20. The molecule has 1 rings (SSSR count). The first-order valence-corrected chi connectivity index (χ1v) is 7.10. The van der Waals surface area contributed by atoms with Gasteiger partial charge in [-0.25, -0.2) is 0 Å². The molecule has 0 spiro atoms. The SMILES string of the molecule is CCC(NCC(=O)N(C)CC)c1cccc(Br)c1. The summed E-state index contributed by atoms with van der Waals surface area (Å²) in [6.07, 6.45) is 0.958. The van der Waals surface area contributed by atoms with Crippen LogP contribution in [-0.2, 0) is 4.79 Å². The normalized spacial score (nSPS) is 12.2. The van der Waals surface area contributed by atoms with Crippen molar-refractivity contribution in [3.63, 3.8) is 0 Å². The molecule has 0 saturated carbocycles. The molecule has 0 radical (unpaired) electrons. The van der Waals surface area contributed by atoms with Crippen molar-refractivity contribution in [1.82, 2.24) is 10.2 Å². The topological polar surface area (TPSA) is 32.3 Å². The van der Waals surface area contributed by atoms with Crippen molar-refractivity contribution in [2.24, 2.45) is 0 Å². The van der Waals surface area contributed by atoms with Crippen LogP contribution in [0.1, 0.15) is 31.9 Å². The van der Waals surface area contributed by atoms with Crippen molar-refractivity contribution >= 4 is 21.8 Å². The smallest absolute Gasteiger partial charge is 0.236 e. The molecule has 1 N–H and O–H groups in total. The fourth-order valence-electron chi connectivity index (χ4n) is 1.74. The Hall–Kier alpha value is -0.870. The Balaban J connectivity index is 2.60. The molecule has 0 aliphatic carbocycles. The first kappa shape index (κ1) is 15.2. The maximum absolute atomic E-state index is 11.7. The summed E-state index contributed by atoms with van der Waals surface area (Å²) < 4.78 is 1.07. The molecule has 4 heteroatoms. The molecule has 18 heavy (non-hydrogen) atoms. The third-order valence-corrected chi connectivity index (χ3v) is 3.55. The zero-order valence-corrected chi connectivity index (χ0v) is 12.8. The van der Waals surface area contributed by atoms with E-state index >= 15 is 0 Å². The van der Waals surface area contributed by atoms with Gasteiger partial charge in [0.15, 0.2) is 0 Å². The van der Waals surface area contributed by atoms with E-state index in [-0.39, 0.29) is 11.9 Å². The summed E-state index contributed by atoms with van der Waals surface area (Å²) in [4.78, 5) is 13.5. The second kappa shape index (κ2) is 7.54. The molecular formula is C14H21BrN2O. The summed E-state index contributed by atoms with van der Waals surface area (Å²) in [6.45, 7) is 5.22. The van der Waals surface area contributed by atoms with Crippen LogP contribution in [0.15, 0.2) is 28.7 Å². The zero-order chi connectivity index (χ0) is 13.5. The van der Waals surface area contributed by atoms with Gasteiger partial charge in [-0.3, -0.25) is 4.79 Å². The van der Waals surface area contributed by atoms with E-state index in [4.69, 9.17) is 0 Å². The van der Waals surface area contributed by atoms with Gasteiger partial charge in [-0.1, -0.05) is 35.0 Å². The van der Waals surface area contributed by atoms with Crippen LogP contribution in [0.4, 0.5) is 0 Å². The molecule has 0 heterocycles. The van der Waals surface area contributed by atoms with Crippen LogP contribution >= 0.6 is 15.9 Å². The highest BCUT2D eigenvalue weighted by molar-refractivity contribution is 9.10. The molecule has 1 aromatic rings. The number of amides is 1. The van der Waals surface area contributed by atoms with Crippen molar-refractivity contribution in [3.05, 3.63) is 34.3 Å². The van der Waals surface area contributed by atoms with Gasteiger partial charge in [0, 0.05) is 24.1 Å². The summed E-state index contributed by atoms with van der Waals surface area (Å²) in [5.74, 6) is 0.131. The van der Waals surface area contributed by atoms with Crippen LogP contribution in [0.25, 0.3) is 0 Å². The Kier molecular flexibility index (Phi) is 6.36. The van der Waals surface area contributed by atoms with Crippen LogP contribution in [-0.4, -0.2) is 30.9 Å². The molecule has 0 saturated heterocycles. The molecule has 1 atom stereocenters. The van der Waals surface area contributed by atoms with Gasteiger partial charge in [-0.15, -0.1) is 0 Å². The second-order valence-corrected chi connectivity index (χ2v) is 5.22. The van der Waals surface area contributed by atoms with E-state index in [1.807, 2.05) is 26.1 Å². The minimum absolute atomic E-state index is 0.131. The number of nitrogens with zero attached hydrogens (tertiary/aromatic N) is 1.